The van der Waals surface area contributed by atoms with Crippen molar-refractivity contribution in [3.8, 4) is 0 Å². The number of rotatable bonds is 3. The van der Waals surface area contributed by atoms with Crippen LogP contribution in [0, 0.1) is 0 Å². The summed E-state index contributed by atoms with van der Waals surface area (Å²) in [7, 11) is 0. The number of nitrogens with zero attached hydrogens (tertiary/aromatic N) is 1. The molecule has 1 heterocycles. The molecule has 1 atom stereocenters. The smallest absolute Gasteiger partial charge is 0.227 e. The summed E-state index contributed by atoms with van der Waals surface area (Å²) >= 11 is 3.40. The van der Waals surface area contributed by atoms with E-state index in [0.717, 1.165) is 22.1 Å². The van der Waals surface area contributed by atoms with Crippen molar-refractivity contribution >= 4 is 27.5 Å². The maximum Gasteiger partial charge on any atom is 0.227 e. The maximum absolute atomic E-state index is 11.8. The minimum Gasteiger partial charge on any atom is -0.394 e. The Bertz CT molecular complexity index is 436. The van der Waals surface area contributed by atoms with Gasteiger partial charge in [0.25, 0.3) is 0 Å². The predicted molar refractivity (Wildman–Crippen MR) is 67.9 cm³/mol. The largest absolute Gasteiger partial charge is 0.394 e. The number of hydrogen-bond acceptors (Lipinski definition) is 3. The van der Waals surface area contributed by atoms with Gasteiger partial charge in [-0.25, -0.2) is 0 Å². The maximum atomic E-state index is 11.8. The molecule has 0 aliphatic carbocycles. The van der Waals surface area contributed by atoms with E-state index in [1.54, 1.807) is 4.90 Å². The standard InChI is InChI=1S/C12H14BrNO3/c13-9-2-3-11-8(5-9)1-4-12(17)14(11)6-10(16)7-15/h2-3,5,10,15-16H,1,4,6-7H2. The Hall–Kier alpha value is -0.910. The first-order chi connectivity index (χ1) is 8.11. The van der Waals surface area contributed by atoms with Crippen LogP contribution in [-0.4, -0.2) is 35.4 Å². The van der Waals surface area contributed by atoms with Crippen LogP contribution >= 0.6 is 15.9 Å². The SMILES string of the molecule is O=C1CCc2cc(Br)ccc2N1CC(O)CO. The zero-order valence-electron chi connectivity index (χ0n) is 9.27. The lowest BCUT2D eigenvalue weighted by molar-refractivity contribution is -0.119. The number of amides is 1. The molecule has 5 heteroatoms. The highest BCUT2D eigenvalue weighted by atomic mass is 79.9. The molecule has 0 saturated heterocycles. The van der Waals surface area contributed by atoms with Crippen molar-refractivity contribution in [3.05, 3.63) is 28.2 Å². The molecule has 1 amide bonds. The van der Waals surface area contributed by atoms with Gasteiger partial charge in [-0.1, -0.05) is 15.9 Å². The van der Waals surface area contributed by atoms with Gasteiger partial charge < -0.3 is 15.1 Å². The van der Waals surface area contributed by atoms with Gasteiger partial charge in [-0.3, -0.25) is 4.79 Å². The van der Waals surface area contributed by atoms with Crippen LogP contribution < -0.4 is 4.90 Å². The van der Waals surface area contributed by atoms with E-state index in [-0.39, 0.29) is 19.1 Å². The molecular weight excluding hydrogens is 286 g/mol. The minimum absolute atomic E-state index is 0.00711. The summed E-state index contributed by atoms with van der Waals surface area (Å²) in [5.74, 6) is -0.00711. The molecule has 1 aliphatic rings. The monoisotopic (exact) mass is 299 g/mol. The minimum atomic E-state index is -0.895. The Morgan fingerprint density at radius 2 is 2.18 bits per heavy atom. The molecule has 0 saturated carbocycles. The van der Waals surface area contributed by atoms with Crippen LogP contribution in [0.2, 0.25) is 0 Å². The molecule has 17 heavy (non-hydrogen) atoms. The Kier molecular flexibility index (Phi) is 3.81. The second-order valence-corrected chi connectivity index (χ2v) is 5.03. The zero-order chi connectivity index (χ0) is 12.4. The van der Waals surface area contributed by atoms with Gasteiger partial charge >= 0.3 is 0 Å². The molecule has 1 unspecified atom stereocenters. The number of aliphatic hydroxyl groups excluding tert-OH is 2. The molecule has 0 fully saturated rings. The number of aryl methyl sites for hydroxylation is 1. The second-order valence-electron chi connectivity index (χ2n) is 4.11. The molecule has 0 bridgehead atoms. The molecule has 92 valence electrons. The predicted octanol–water partition coefficient (Wildman–Crippen LogP) is 1.08. The number of β-amino-alcohol motifs (C(OH)–C–C–N with tert-alkyl or cyclic N) is 1. The van der Waals surface area contributed by atoms with E-state index in [2.05, 4.69) is 15.9 Å². The number of aliphatic hydroxyl groups is 2. The number of benzene rings is 1. The van der Waals surface area contributed by atoms with Crippen molar-refractivity contribution in [2.24, 2.45) is 0 Å². The molecule has 2 rings (SSSR count). The van der Waals surface area contributed by atoms with Crippen LogP contribution in [0.4, 0.5) is 5.69 Å². The second kappa shape index (κ2) is 5.16. The first-order valence-corrected chi connectivity index (χ1v) is 6.29. The van der Waals surface area contributed by atoms with Crippen molar-refractivity contribution in [2.75, 3.05) is 18.1 Å². The fourth-order valence-corrected chi connectivity index (χ4v) is 2.41. The molecule has 1 aliphatic heterocycles. The summed E-state index contributed by atoms with van der Waals surface area (Å²) in [5, 5.41) is 18.3. The highest BCUT2D eigenvalue weighted by Crippen LogP contribution is 2.30. The lowest BCUT2D eigenvalue weighted by Crippen LogP contribution is -2.41. The Balaban J connectivity index is 2.30. The summed E-state index contributed by atoms with van der Waals surface area (Å²) in [5.41, 5.74) is 1.92. The number of fused-ring (bicyclic) bond motifs is 1. The molecule has 0 aromatic heterocycles. The van der Waals surface area contributed by atoms with Gasteiger partial charge in [0.05, 0.1) is 19.3 Å². The van der Waals surface area contributed by atoms with Crippen molar-refractivity contribution < 1.29 is 15.0 Å². The van der Waals surface area contributed by atoms with Crippen molar-refractivity contribution in [1.29, 1.82) is 0 Å². The van der Waals surface area contributed by atoms with E-state index in [9.17, 15) is 9.90 Å². The molecule has 4 nitrogen and oxygen atoms in total. The van der Waals surface area contributed by atoms with Crippen molar-refractivity contribution in [3.63, 3.8) is 0 Å². The first-order valence-electron chi connectivity index (χ1n) is 5.49. The molecule has 0 radical (unpaired) electrons. The number of carbonyl (C=O) groups excluding carboxylic acids is 1. The quantitative estimate of drug-likeness (QED) is 0.878. The summed E-state index contributed by atoms with van der Waals surface area (Å²) in [6.45, 7) is -0.195. The highest BCUT2D eigenvalue weighted by molar-refractivity contribution is 9.10. The van der Waals surface area contributed by atoms with E-state index in [0.29, 0.717) is 6.42 Å². The summed E-state index contributed by atoms with van der Waals surface area (Å²) in [6.07, 6.45) is 0.273. The van der Waals surface area contributed by atoms with Gasteiger partial charge in [0.1, 0.15) is 0 Å². The van der Waals surface area contributed by atoms with Crippen LogP contribution in [-0.2, 0) is 11.2 Å². The number of halogens is 1. The topological polar surface area (TPSA) is 60.8 Å². The van der Waals surface area contributed by atoms with Crippen LogP contribution in [0.1, 0.15) is 12.0 Å². The Labute approximate surface area is 108 Å². The van der Waals surface area contributed by atoms with Gasteiger partial charge in [0, 0.05) is 16.6 Å². The third-order valence-electron chi connectivity index (χ3n) is 2.85. The third-order valence-corrected chi connectivity index (χ3v) is 3.34. The highest BCUT2D eigenvalue weighted by Gasteiger charge is 2.25. The van der Waals surface area contributed by atoms with Crippen LogP contribution in [0.3, 0.4) is 0 Å². The molecular formula is C12H14BrNO3. The van der Waals surface area contributed by atoms with Gasteiger partial charge in [-0.15, -0.1) is 0 Å². The summed E-state index contributed by atoms with van der Waals surface area (Å²) in [4.78, 5) is 13.4. The number of hydrogen-bond donors (Lipinski definition) is 2. The lowest BCUT2D eigenvalue weighted by Gasteiger charge is -2.30. The average molecular weight is 300 g/mol. The molecule has 1 aromatic carbocycles. The van der Waals surface area contributed by atoms with Gasteiger partial charge in [0.15, 0.2) is 0 Å². The summed E-state index contributed by atoms with van der Waals surface area (Å²) in [6, 6.07) is 5.72. The fraction of sp³-hybridized carbons (Fsp3) is 0.417. The molecule has 0 spiro atoms. The van der Waals surface area contributed by atoms with E-state index < -0.39 is 6.10 Å². The number of anilines is 1. The zero-order valence-corrected chi connectivity index (χ0v) is 10.9. The first kappa shape index (κ1) is 12.5. The van der Waals surface area contributed by atoms with Gasteiger partial charge in [-0.05, 0) is 30.2 Å². The Morgan fingerprint density at radius 1 is 1.41 bits per heavy atom. The fourth-order valence-electron chi connectivity index (χ4n) is 2.00. The van der Waals surface area contributed by atoms with Gasteiger partial charge in [0.2, 0.25) is 5.91 Å². The van der Waals surface area contributed by atoms with E-state index in [1.165, 1.54) is 0 Å². The number of carbonyl (C=O) groups is 1. The Morgan fingerprint density at radius 3 is 2.88 bits per heavy atom. The summed E-state index contributed by atoms with van der Waals surface area (Å²) < 4.78 is 0.980. The lowest BCUT2D eigenvalue weighted by atomic mass is 10.0. The van der Waals surface area contributed by atoms with Crippen molar-refractivity contribution in [1.82, 2.24) is 0 Å². The third kappa shape index (κ3) is 2.68. The van der Waals surface area contributed by atoms with Crippen LogP contribution in [0.25, 0.3) is 0 Å². The molecule has 1 aromatic rings. The van der Waals surface area contributed by atoms with E-state index in [4.69, 9.17) is 5.11 Å². The normalized spacial score (nSPS) is 16.9. The van der Waals surface area contributed by atoms with Crippen LogP contribution in [0.15, 0.2) is 22.7 Å². The van der Waals surface area contributed by atoms with Gasteiger partial charge in [-0.2, -0.15) is 0 Å². The van der Waals surface area contributed by atoms with Crippen molar-refractivity contribution in [2.45, 2.75) is 18.9 Å². The van der Waals surface area contributed by atoms with Crippen LogP contribution in [0.5, 0.6) is 0 Å². The molecule has 2 N–H and O–H groups in total. The average Bonchev–Trinajstić information content (AvgIpc) is 2.32. The van der Waals surface area contributed by atoms with E-state index in [1.807, 2.05) is 18.2 Å². The van der Waals surface area contributed by atoms with E-state index >= 15 is 0 Å².